The second kappa shape index (κ2) is 5.01. The molecule has 2 nitrogen and oxygen atoms in total. The van der Waals surface area contributed by atoms with Crippen LogP contribution in [0.25, 0.3) is 0 Å². The minimum atomic E-state index is -0.276. The summed E-state index contributed by atoms with van der Waals surface area (Å²) in [5.41, 5.74) is 0.525. The van der Waals surface area contributed by atoms with Gasteiger partial charge in [-0.25, -0.2) is 4.39 Å². The predicted octanol–water partition coefficient (Wildman–Crippen LogP) is 3.29. The Labute approximate surface area is 90.4 Å². The van der Waals surface area contributed by atoms with Crippen LogP contribution in [0.4, 0.5) is 10.1 Å². The summed E-state index contributed by atoms with van der Waals surface area (Å²) in [5.74, 6) is 0.726. The monoisotopic (exact) mass is 211 g/mol. The third-order valence-electron chi connectivity index (χ3n) is 2.56. The van der Waals surface area contributed by atoms with E-state index in [1.54, 1.807) is 12.1 Å². The highest BCUT2D eigenvalue weighted by molar-refractivity contribution is 5.48. The van der Waals surface area contributed by atoms with Gasteiger partial charge in [-0.05, 0) is 25.0 Å². The molecule has 0 radical (unpaired) electrons. The van der Waals surface area contributed by atoms with Crippen LogP contribution in [0, 0.1) is 11.7 Å². The molecule has 0 aromatic heterocycles. The molecule has 1 rings (SSSR count). The molecule has 1 atom stereocenters. The summed E-state index contributed by atoms with van der Waals surface area (Å²) in [6.45, 7) is 6.23. The molecule has 0 saturated heterocycles. The van der Waals surface area contributed by atoms with Gasteiger partial charge >= 0.3 is 0 Å². The maximum absolute atomic E-state index is 13.5. The first-order valence-electron chi connectivity index (χ1n) is 5.14. The summed E-state index contributed by atoms with van der Waals surface area (Å²) in [6.07, 6.45) is 0. The lowest BCUT2D eigenvalue weighted by atomic mass is 10.1. The van der Waals surface area contributed by atoms with E-state index in [2.05, 4.69) is 19.2 Å². The molecule has 0 spiro atoms. The quantitative estimate of drug-likeness (QED) is 0.825. The third kappa shape index (κ3) is 3.11. The van der Waals surface area contributed by atoms with E-state index >= 15 is 0 Å². The minimum absolute atomic E-state index is 0.243. The molecular formula is C12H18FNO. The minimum Gasteiger partial charge on any atom is -0.497 e. The van der Waals surface area contributed by atoms with Crippen LogP contribution in [-0.2, 0) is 0 Å². The highest BCUT2D eigenvalue weighted by Crippen LogP contribution is 2.21. The Hall–Kier alpha value is -1.25. The number of rotatable bonds is 4. The zero-order chi connectivity index (χ0) is 11.4. The van der Waals surface area contributed by atoms with Crippen molar-refractivity contribution in [2.75, 3.05) is 12.4 Å². The van der Waals surface area contributed by atoms with Crippen molar-refractivity contribution in [3.05, 3.63) is 24.0 Å². The smallest absolute Gasteiger partial charge is 0.149 e. The fourth-order valence-electron chi connectivity index (χ4n) is 1.15. The molecule has 0 aliphatic heterocycles. The zero-order valence-corrected chi connectivity index (χ0v) is 9.67. The van der Waals surface area contributed by atoms with Gasteiger partial charge in [0.25, 0.3) is 0 Å². The van der Waals surface area contributed by atoms with E-state index in [1.165, 1.54) is 13.2 Å². The van der Waals surface area contributed by atoms with E-state index in [4.69, 9.17) is 4.74 Å². The van der Waals surface area contributed by atoms with Crippen LogP contribution in [-0.4, -0.2) is 13.2 Å². The van der Waals surface area contributed by atoms with Crippen LogP contribution >= 0.6 is 0 Å². The number of halogens is 1. The Morgan fingerprint density at radius 2 is 1.93 bits per heavy atom. The molecule has 0 aliphatic carbocycles. The molecule has 0 bridgehead atoms. The lowest BCUT2D eigenvalue weighted by Gasteiger charge is -2.19. The van der Waals surface area contributed by atoms with Gasteiger partial charge in [0, 0.05) is 12.1 Å². The van der Waals surface area contributed by atoms with Crippen molar-refractivity contribution in [3.8, 4) is 5.75 Å². The van der Waals surface area contributed by atoms with Gasteiger partial charge in [-0.1, -0.05) is 13.8 Å². The Morgan fingerprint density at radius 3 is 2.40 bits per heavy atom. The summed E-state index contributed by atoms with van der Waals surface area (Å²) in [6, 6.07) is 5.08. The number of nitrogens with one attached hydrogen (secondary N) is 1. The van der Waals surface area contributed by atoms with Gasteiger partial charge < -0.3 is 10.1 Å². The fourth-order valence-corrected chi connectivity index (χ4v) is 1.15. The first-order chi connectivity index (χ1) is 7.04. The molecule has 0 saturated carbocycles. The van der Waals surface area contributed by atoms with E-state index in [1.807, 2.05) is 6.92 Å². The Morgan fingerprint density at radius 1 is 1.27 bits per heavy atom. The predicted molar refractivity (Wildman–Crippen MR) is 60.9 cm³/mol. The standard InChI is InChI=1S/C12H18FNO/c1-8(2)9(3)14-12-6-5-10(15-4)7-11(12)13/h5-9,14H,1-4H3. The van der Waals surface area contributed by atoms with Crippen LogP contribution in [0.15, 0.2) is 18.2 Å². The summed E-state index contributed by atoms with van der Waals surface area (Å²) in [4.78, 5) is 0. The average molecular weight is 211 g/mol. The van der Waals surface area contributed by atoms with Crippen molar-refractivity contribution in [1.29, 1.82) is 0 Å². The van der Waals surface area contributed by atoms with Crippen molar-refractivity contribution in [1.82, 2.24) is 0 Å². The molecule has 1 unspecified atom stereocenters. The summed E-state index contributed by atoms with van der Waals surface area (Å²) in [7, 11) is 1.53. The maximum Gasteiger partial charge on any atom is 0.149 e. The molecule has 0 amide bonds. The van der Waals surface area contributed by atoms with Crippen molar-refractivity contribution in [2.24, 2.45) is 5.92 Å². The Balaban J connectivity index is 2.78. The van der Waals surface area contributed by atoms with E-state index in [-0.39, 0.29) is 11.9 Å². The number of benzene rings is 1. The summed E-state index contributed by atoms with van der Waals surface area (Å²) < 4.78 is 18.5. The van der Waals surface area contributed by atoms with Crippen molar-refractivity contribution in [3.63, 3.8) is 0 Å². The number of hydrogen-bond acceptors (Lipinski definition) is 2. The Bertz CT molecular complexity index is 325. The first-order valence-corrected chi connectivity index (χ1v) is 5.14. The van der Waals surface area contributed by atoms with Crippen LogP contribution < -0.4 is 10.1 Å². The van der Waals surface area contributed by atoms with E-state index < -0.39 is 0 Å². The fraction of sp³-hybridized carbons (Fsp3) is 0.500. The second-order valence-corrected chi connectivity index (χ2v) is 4.02. The van der Waals surface area contributed by atoms with Crippen molar-refractivity contribution < 1.29 is 9.13 Å². The summed E-state index contributed by atoms with van der Waals surface area (Å²) in [5, 5.41) is 3.13. The topological polar surface area (TPSA) is 21.3 Å². The first kappa shape index (κ1) is 11.8. The molecule has 1 aromatic rings. The molecule has 1 N–H and O–H groups in total. The molecule has 0 fully saturated rings. The molecule has 1 aromatic carbocycles. The van der Waals surface area contributed by atoms with Gasteiger partial charge in [0.05, 0.1) is 12.8 Å². The number of hydrogen-bond donors (Lipinski definition) is 1. The van der Waals surface area contributed by atoms with Crippen molar-refractivity contribution in [2.45, 2.75) is 26.8 Å². The second-order valence-electron chi connectivity index (χ2n) is 4.02. The molecule has 3 heteroatoms. The number of anilines is 1. The van der Waals surface area contributed by atoms with Crippen LogP contribution in [0.1, 0.15) is 20.8 Å². The van der Waals surface area contributed by atoms with E-state index in [0.29, 0.717) is 17.4 Å². The van der Waals surface area contributed by atoms with Gasteiger partial charge in [0.15, 0.2) is 0 Å². The SMILES string of the molecule is COc1ccc(NC(C)C(C)C)c(F)c1. The van der Waals surface area contributed by atoms with Gasteiger partial charge in [0.2, 0.25) is 0 Å². The molecular weight excluding hydrogens is 193 g/mol. The number of methoxy groups -OCH3 is 1. The summed E-state index contributed by atoms with van der Waals surface area (Å²) >= 11 is 0. The highest BCUT2D eigenvalue weighted by atomic mass is 19.1. The van der Waals surface area contributed by atoms with Crippen LogP contribution in [0.3, 0.4) is 0 Å². The Kier molecular flexibility index (Phi) is 3.95. The van der Waals surface area contributed by atoms with Gasteiger partial charge in [-0.3, -0.25) is 0 Å². The molecule has 0 heterocycles. The van der Waals surface area contributed by atoms with E-state index in [9.17, 15) is 4.39 Å². The zero-order valence-electron chi connectivity index (χ0n) is 9.67. The third-order valence-corrected chi connectivity index (χ3v) is 2.56. The van der Waals surface area contributed by atoms with Gasteiger partial charge in [-0.2, -0.15) is 0 Å². The van der Waals surface area contributed by atoms with E-state index in [0.717, 1.165) is 0 Å². The molecule has 0 aliphatic rings. The highest BCUT2D eigenvalue weighted by Gasteiger charge is 2.10. The van der Waals surface area contributed by atoms with Gasteiger partial charge in [0.1, 0.15) is 11.6 Å². The average Bonchev–Trinajstić information content (AvgIpc) is 2.20. The number of ether oxygens (including phenoxy) is 1. The lowest BCUT2D eigenvalue weighted by molar-refractivity contribution is 0.411. The lowest BCUT2D eigenvalue weighted by Crippen LogP contribution is -2.22. The van der Waals surface area contributed by atoms with Crippen LogP contribution in [0.5, 0.6) is 5.75 Å². The molecule has 15 heavy (non-hydrogen) atoms. The van der Waals surface area contributed by atoms with Crippen molar-refractivity contribution >= 4 is 5.69 Å². The normalized spacial score (nSPS) is 12.7. The van der Waals surface area contributed by atoms with Gasteiger partial charge in [-0.15, -0.1) is 0 Å². The largest absolute Gasteiger partial charge is 0.497 e. The van der Waals surface area contributed by atoms with Crippen LogP contribution in [0.2, 0.25) is 0 Å². The molecule has 84 valence electrons. The maximum atomic E-state index is 13.5.